The minimum atomic E-state index is -0.597. The highest BCUT2D eigenvalue weighted by Crippen LogP contribution is 2.28. The number of ether oxygens (including phenoxy) is 1. The van der Waals surface area contributed by atoms with Gasteiger partial charge < -0.3 is 15.4 Å². The van der Waals surface area contributed by atoms with E-state index in [1.165, 1.54) is 18.2 Å². The predicted molar refractivity (Wildman–Crippen MR) is 104 cm³/mol. The maximum atomic E-state index is 12.1. The molecule has 0 aromatic heterocycles. The summed E-state index contributed by atoms with van der Waals surface area (Å²) in [6.07, 6.45) is 0. The molecule has 0 fully saturated rings. The highest BCUT2D eigenvalue weighted by Gasteiger charge is 2.14. The van der Waals surface area contributed by atoms with E-state index in [1.54, 1.807) is 7.11 Å². The van der Waals surface area contributed by atoms with Crippen LogP contribution in [-0.4, -0.2) is 24.5 Å². The Kier molecular flexibility index (Phi) is 6.96. The molecule has 26 heavy (non-hydrogen) atoms. The van der Waals surface area contributed by atoms with Gasteiger partial charge in [-0.15, -0.1) is 0 Å². The highest BCUT2D eigenvalue weighted by molar-refractivity contribution is 9.10. The van der Waals surface area contributed by atoms with Crippen LogP contribution < -0.4 is 15.4 Å². The van der Waals surface area contributed by atoms with Gasteiger partial charge in [0, 0.05) is 17.8 Å². The summed E-state index contributed by atoms with van der Waals surface area (Å²) in [4.78, 5) is 22.4. The van der Waals surface area contributed by atoms with Crippen molar-refractivity contribution in [1.29, 1.82) is 0 Å². The molecule has 2 aromatic carbocycles. The van der Waals surface area contributed by atoms with Crippen molar-refractivity contribution in [3.8, 4) is 5.75 Å². The molecule has 0 heterocycles. The van der Waals surface area contributed by atoms with E-state index in [2.05, 4.69) is 26.6 Å². The van der Waals surface area contributed by atoms with Gasteiger partial charge in [0.15, 0.2) is 0 Å². The third kappa shape index (κ3) is 5.17. The Labute approximate surface area is 164 Å². The molecule has 2 aromatic rings. The van der Waals surface area contributed by atoms with E-state index in [-0.39, 0.29) is 29.2 Å². The molecule has 0 aliphatic heterocycles. The number of carbonyl (C=O) groups is 1. The normalized spacial score (nSPS) is 11.7. The Morgan fingerprint density at radius 2 is 2.08 bits per heavy atom. The third-order valence-electron chi connectivity index (χ3n) is 3.67. The van der Waals surface area contributed by atoms with Crippen LogP contribution in [0.5, 0.6) is 5.75 Å². The molecule has 2 N–H and O–H groups in total. The molecule has 1 unspecified atom stereocenters. The van der Waals surface area contributed by atoms with E-state index >= 15 is 0 Å². The second-order valence-electron chi connectivity index (χ2n) is 5.47. The van der Waals surface area contributed by atoms with Crippen molar-refractivity contribution < 1.29 is 14.5 Å². The lowest BCUT2D eigenvalue weighted by atomic mass is 10.1. The SMILES string of the molecule is COc1ccc(C(C)NCC(=O)Nc2ccc(Cl)c([N+](=O)[O-])c2)cc1Br. The van der Waals surface area contributed by atoms with Gasteiger partial charge in [-0.1, -0.05) is 17.7 Å². The molecule has 138 valence electrons. The first-order chi connectivity index (χ1) is 12.3. The average Bonchev–Trinajstić information content (AvgIpc) is 2.61. The molecular formula is C17H17BrClN3O4. The Morgan fingerprint density at radius 3 is 2.69 bits per heavy atom. The Hall–Kier alpha value is -2.16. The number of halogens is 2. The number of nitro benzene ring substituents is 1. The Morgan fingerprint density at radius 1 is 1.35 bits per heavy atom. The van der Waals surface area contributed by atoms with Gasteiger partial charge in [-0.3, -0.25) is 14.9 Å². The molecule has 9 heteroatoms. The van der Waals surface area contributed by atoms with Gasteiger partial charge in [0.1, 0.15) is 10.8 Å². The number of amides is 1. The summed E-state index contributed by atoms with van der Waals surface area (Å²) in [7, 11) is 1.59. The van der Waals surface area contributed by atoms with Crippen LogP contribution in [0.1, 0.15) is 18.5 Å². The molecule has 0 bridgehead atoms. The summed E-state index contributed by atoms with van der Waals surface area (Å²) in [5.74, 6) is 0.407. The number of benzene rings is 2. The molecule has 1 atom stereocenters. The maximum absolute atomic E-state index is 12.1. The minimum Gasteiger partial charge on any atom is -0.496 e. The summed E-state index contributed by atoms with van der Waals surface area (Å²) in [6, 6.07) is 9.69. The molecule has 0 radical (unpaired) electrons. The van der Waals surface area contributed by atoms with Crippen LogP contribution in [0.3, 0.4) is 0 Å². The number of rotatable bonds is 7. The third-order valence-corrected chi connectivity index (χ3v) is 4.61. The van der Waals surface area contributed by atoms with Crippen molar-refractivity contribution in [2.75, 3.05) is 19.0 Å². The lowest BCUT2D eigenvalue weighted by Gasteiger charge is -2.15. The van der Waals surface area contributed by atoms with E-state index in [0.29, 0.717) is 5.69 Å². The second kappa shape index (κ2) is 8.98. The van der Waals surface area contributed by atoms with Gasteiger partial charge >= 0.3 is 0 Å². The second-order valence-corrected chi connectivity index (χ2v) is 6.73. The van der Waals surface area contributed by atoms with Gasteiger partial charge in [0.25, 0.3) is 5.69 Å². The summed E-state index contributed by atoms with van der Waals surface area (Å²) < 4.78 is 6.01. The number of nitrogens with zero attached hydrogens (tertiary/aromatic N) is 1. The number of nitro groups is 1. The molecule has 2 rings (SSSR count). The minimum absolute atomic E-state index is 0.0184. The lowest BCUT2D eigenvalue weighted by Crippen LogP contribution is -2.30. The summed E-state index contributed by atoms with van der Waals surface area (Å²) in [5.41, 5.74) is 1.04. The fourth-order valence-corrected chi connectivity index (χ4v) is 3.00. The summed E-state index contributed by atoms with van der Waals surface area (Å²) in [6.45, 7) is 1.97. The van der Waals surface area contributed by atoms with E-state index in [4.69, 9.17) is 16.3 Å². The number of methoxy groups -OCH3 is 1. The van der Waals surface area contributed by atoms with Crippen molar-refractivity contribution in [1.82, 2.24) is 5.32 Å². The highest BCUT2D eigenvalue weighted by atomic mass is 79.9. The maximum Gasteiger partial charge on any atom is 0.289 e. The van der Waals surface area contributed by atoms with Gasteiger partial charge in [-0.05, 0) is 52.7 Å². The lowest BCUT2D eigenvalue weighted by molar-refractivity contribution is -0.384. The molecule has 1 amide bonds. The van der Waals surface area contributed by atoms with Crippen LogP contribution >= 0.6 is 27.5 Å². The molecule has 0 saturated carbocycles. The van der Waals surface area contributed by atoms with Crippen LogP contribution in [0.25, 0.3) is 0 Å². The number of anilines is 1. The first kappa shape index (κ1) is 20.2. The van der Waals surface area contributed by atoms with Gasteiger partial charge in [-0.25, -0.2) is 0 Å². The Bertz CT molecular complexity index is 832. The first-order valence-electron chi connectivity index (χ1n) is 7.62. The van der Waals surface area contributed by atoms with E-state index < -0.39 is 4.92 Å². The number of hydrogen-bond acceptors (Lipinski definition) is 5. The topological polar surface area (TPSA) is 93.5 Å². The van der Waals surface area contributed by atoms with E-state index in [1.807, 2.05) is 25.1 Å². The molecule has 0 aliphatic carbocycles. The fraction of sp³-hybridized carbons (Fsp3) is 0.235. The first-order valence-corrected chi connectivity index (χ1v) is 8.79. The van der Waals surface area contributed by atoms with Crippen LogP contribution in [0.4, 0.5) is 11.4 Å². The van der Waals surface area contributed by atoms with Crippen LogP contribution in [0.15, 0.2) is 40.9 Å². The van der Waals surface area contributed by atoms with Gasteiger partial charge in [0.2, 0.25) is 5.91 Å². The number of hydrogen-bond donors (Lipinski definition) is 2. The van der Waals surface area contributed by atoms with E-state index in [9.17, 15) is 14.9 Å². The molecule has 0 saturated heterocycles. The quantitative estimate of drug-likeness (QED) is 0.492. The van der Waals surface area contributed by atoms with Crippen molar-refractivity contribution >= 4 is 44.8 Å². The smallest absolute Gasteiger partial charge is 0.289 e. The van der Waals surface area contributed by atoms with Crippen molar-refractivity contribution in [2.24, 2.45) is 0 Å². The molecule has 0 spiro atoms. The molecular weight excluding hydrogens is 426 g/mol. The average molecular weight is 443 g/mol. The van der Waals surface area contributed by atoms with Crippen LogP contribution in [-0.2, 0) is 4.79 Å². The zero-order valence-electron chi connectivity index (χ0n) is 14.1. The number of carbonyl (C=O) groups excluding carboxylic acids is 1. The molecule has 7 nitrogen and oxygen atoms in total. The van der Waals surface area contributed by atoms with Crippen molar-refractivity contribution in [2.45, 2.75) is 13.0 Å². The zero-order valence-corrected chi connectivity index (χ0v) is 16.4. The monoisotopic (exact) mass is 441 g/mol. The summed E-state index contributed by atoms with van der Waals surface area (Å²) in [5, 5.41) is 16.6. The predicted octanol–water partition coefficient (Wildman–Crippen LogP) is 4.31. The van der Waals surface area contributed by atoms with Gasteiger partial charge in [0.05, 0.1) is 23.1 Å². The van der Waals surface area contributed by atoms with Crippen LogP contribution in [0, 0.1) is 10.1 Å². The largest absolute Gasteiger partial charge is 0.496 e. The van der Waals surface area contributed by atoms with E-state index in [0.717, 1.165) is 15.8 Å². The van der Waals surface area contributed by atoms with Crippen molar-refractivity contribution in [3.05, 3.63) is 61.6 Å². The Balaban J connectivity index is 1.95. The van der Waals surface area contributed by atoms with Gasteiger partial charge in [-0.2, -0.15) is 0 Å². The molecule has 0 aliphatic rings. The fourth-order valence-electron chi connectivity index (χ4n) is 2.25. The standard InChI is InChI=1S/C17H17BrClN3O4/c1-10(11-3-6-16(26-2)13(18)7-11)20-9-17(23)21-12-4-5-14(19)15(8-12)22(24)25/h3-8,10,20H,9H2,1-2H3,(H,21,23). The zero-order chi connectivity index (χ0) is 19.3. The number of nitrogens with one attached hydrogen (secondary N) is 2. The van der Waals surface area contributed by atoms with Crippen LogP contribution in [0.2, 0.25) is 5.02 Å². The summed E-state index contributed by atoms with van der Waals surface area (Å²) >= 11 is 9.18. The van der Waals surface area contributed by atoms with Crippen molar-refractivity contribution in [3.63, 3.8) is 0 Å².